The first-order valence-corrected chi connectivity index (χ1v) is 9.85. The lowest BCUT2D eigenvalue weighted by atomic mass is 10.1. The highest BCUT2D eigenvalue weighted by molar-refractivity contribution is 5.87. The van der Waals surface area contributed by atoms with Crippen LogP contribution in [-0.4, -0.2) is 19.9 Å². The van der Waals surface area contributed by atoms with E-state index in [2.05, 4.69) is 46.4 Å². The van der Waals surface area contributed by atoms with Gasteiger partial charge in [-0.05, 0) is 66.3 Å². The van der Waals surface area contributed by atoms with E-state index in [1.165, 1.54) is 0 Å². The van der Waals surface area contributed by atoms with E-state index in [1.807, 2.05) is 60.7 Å². The Hall–Kier alpha value is -4.18. The van der Waals surface area contributed by atoms with Crippen molar-refractivity contribution in [1.29, 1.82) is 0 Å². The average Bonchev–Trinajstić information content (AvgIpc) is 3.53. The number of fused-ring (bicyclic) bond motifs is 8. The van der Waals surface area contributed by atoms with E-state index in [9.17, 15) is 0 Å². The molecule has 0 unspecified atom stereocenters. The molecule has 0 saturated carbocycles. The van der Waals surface area contributed by atoms with Crippen molar-refractivity contribution in [3.63, 3.8) is 0 Å². The Morgan fingerprint density at radius 1 is 0.600 bits per heavy atom. The molecule has 2 aliphatic rings. The lowest BCUT2D eigenvalue weighted by Crippen LogP contribution is -1.77. The van der Waals surface area contributed by atoms with Crippen LogP contribution in [0.15, 0.2) is 66.7 Å². The zero-order valence-electron chi connectivity index (χ0n) is 16.1. The summed E-state index contributed by atoms with van der Waals surface area (Å²) in [5.74, 6) is 0. The quantitative estimate of drug-likeness (QED) is 0.358. The van der Waals surface area contributed by atoms with Crippen LogP contribution in [0.4, 0.5) is 0 Å². The molecule has 141 valence electrons. The van der Waals surface area contributed by atoms with Gasteiger partial charge in [-0.15, -0.1) is 0 Å². The Bertz CT molecular complexity index is 1480. The molecule has 1 radical (unpaired) electrons. The molecule has 2 aliphatic heterocycles. The van der Waals surface area contributed by atoms with E-state index in [-0.39, 0.29) is 0 Å². The molecule has 0 atom stereocenters. The molecule has 0 aliphatic carbocycles. The molecule has 4 heteroatoms. The van der Waals surface area contributed by atoms with E-state index in [4.69, 9.17) is 9.97 Å². The second-order valence-corrected chi connectivity index (χ2v) is 7.35. The second-order valence-electron chi connectivity index (χ2n) is 7.35. The van der Waals surface area contributed by atoms with Gasteiger partial charge in [-0.3, -0.25) is 0 Å². The molecule has 4 aromatic rings. The molecule has 4 nitrogen and oxygen atoms in total. The van der Waals surface area contributed by atoms with Crippen LogP contribution >= 0.6 is 0 Å². The monoisotopic (exact) mass is 385 g/mol. The van der Waals surface area contributed by atoms with E-state index in [0.29, 0.717) is 0 Å². The van der Waals surface area contributed by atoms with Crippen LogP contribution in [-0.2, 0) is 0 Å². The third-order valence-electron chi connectivity index (χ3n) is 5.15. The Balaban J connectivity index is 1.69. The van der Waals surface area contributed by atoms with Crippen molar-refractivity contribution in [1.82, 2.24) is 19.9 Å². The third kappa shape index (κ3) is 3.14. The van der Waals surface area contributed by atoms with Crippen molar-refractivity contribution in [2.24, 2.45) is 0 Å². The van der Waals surface area contributed by atoms with Gasteiger partial charge < -0.3 is 9.97 Å². The summed E-state index contributed by atoms with van der Waals surface area (Å²) in [4.78, 5) is 16.4. The van der Waals surface area contributed by atoms with Crippen molar-refractivity contribution in [3.8, 4) is 11.1 Å². The summed E-state index contributed by atoms with van der Waals surface area (Å²) in [7, 11) is 0. The summed E-state index contributed by atoms with van der Waals surface area (Å²) in [6.07, 6.45) is 8.10. The molecule has 0 spiro atoms. The molecule has 0 saturated heterocycles. The highest BCUT2D eigenvalue weighted by atomic mass is 14.8. The highest BCUT2D eigenvalue weighted by Gasteiger charge is 2.07. The molecular formula is C26H17N4. The first-order valence-electron chi connectivity index (χ1n) is 9.85. The van der Waals surface area contributed by atoms with Gasteiger partial charge in [0, 0.05) is 33.7 Å². The van der Waals surface area contributed by atoms with E-state index >= 15 is 0 Å². The molecule has 0 amide bonds. The number of aromatic nitrogens is 4. The number of nitrogens with zero attached hydrogens (tertiary/aromatic N) is 2. The zero-order valence-corrected chi connectivity index (χ0v) is 16.1. The standard InChI is InChI=1S/C26H17N4/c1-2-4-17(5-3-1)25-15-24-14-22-9-8-20(28-22)12-18-6-7-19(27-18)13-21-10-11-23(29-21)16-26(25)30-24/h1-14,16,27,30H. The van der Waals surface area contributed by atoms with Gasteiger partial charge in [0.25, 0.3) is 0 Å². The first-order chi connectivity index (χ1) is 14.8. The van der Waals surface area contributed by atoms with Gasteiger partial charge in [0.05, 0.1) is 22.8 Å². The largest absolute Gasteiger partial charge is 0.355 e. The van der Waals surface area contributed by atoms with Crippen LogP contribution in [0.5, 0.6) is 0 Å². The van der Waals surface area contributed by atoms with Crippen LogP contribution in [0.1, 0.15) is 22.8 Å². The van der Waals surface area contributed by atoms with Crippen molar-refractivity contribution in [2.75, 3.05) is 0 Å². The smallest absolute Gasteiger partial charge is 0.0658 e. The van der Waals surface area contributed by atoms with E-state index in [1.54, 1.807) is 0 Å². The molecule has 8 bridgehead atoms. The summed E-state index contributed by atoms with van der Waals surface area (Å²) in [5.41, 5.74) is 9.64. The number of H-pyrrole nitrogens is 2. The van der Waals surface area contributed by atoms with Crippen LogP contribution in [0, 0.1) is 6.07 Å². The summed E-state index contributed by atoms with van der Waals surface area (Å²) in [6.45, 7) is 0. The number of hydrogen-bond acceptors (Lipinski definition) is 2. The number of aromatic amines is 2. The predicted octanol–water partition coefficient (Wildman–Crippen LogP) is 6.12. The van der Waals surface area contributed by atoms with Gasteiger partial charge in [0.15, 0.2) is 0 Å². The molecular weight excluding hydrogens is 368 g/mol. The number of benzene rings is 1. The maximum Gasteiger partial charge on any atom is 0.0658 e. The molecule has 1 aromatic carbocycles. The maximum absolute atomic E-state index is 4.76. The Labute approximate surface area is 173 Å². The van der Waals surface area contributed by atoms with E-state index in [0.717, 1.165) is 56.0 Å². The Morgan fingerprint density at radius 2 is 1.20 bits per heavy atom. The lowest BCUT2D eigenvalue weighted by Gasteiger charge is -1.97. The fourth-order valence-corrected chi connectivity index (χ4v) is 3.78. The van der Waals surface area contributed by atoms with Crippen molar-refractivity contribution < 1.29 is 0 Å². The topological polar surface area (TPSA) is 57.4 Å². The average molecular weight is 385 g/mol. The van der Waals surface area contributed by atoms with Gasteiger partial charge in [-0.25, -0.2) is 9.97 Å². The minimum absolute atomic E-state index is 0.886. The third-order valence-corrected chi connectivity index (χ3v) is 5.15. The number of hydrogen-bond donors (Lipinski definition) is 2. The zero-order chi connectivity index (χ0) is 19.9. The fourth-order valence-electron chi connectivity index (χ4n) is 3.78. The Kier molecular flexibility index (Phi) is 3.74. The van der Waals surface area contributed by atoms with Crippen molar-refractivity contribution in [2.45, 2.75) is 0 Å². The van der Waals surface area contributed by atoms with Gasteiger partial charge in [-0.2, -0.15) is 0 Å². The molecule has 30 heavy (non-hydrogen) atoms. The highest BCUT2D eigenvalue weighted by Crippen LogP contribution is 2.27. The summed E-state index contributed by atoms with van der Waals surface area (Å²) in [5, 5.41) is 0. The van der Waals surface area contributed by atoms with E-state index < -0.39 is 0 Å². The minimum atomic E-state index is 0.886. The maximum atomic E-state index is 4.76. The number of rotatable bonds is 1. The molecule has 2 N–H and O–H groups in total. The minimum Gasteiger partial charge on any atom is -0.355 e. The van der Waals surface area contributed by atoms with Crippen molar-refractivity contribution >= 4 is 46.4 Å². The SMILES string of the molecule is [c]1c(-c2ccccc2)c2cc3nc(cc4ccc(cc5nc(cc1[nH]2)C=C5)[nH]4)C=C3. The Morgan fingerprint density at radius 3 is 1.87 bits per heavy atom. The van der Waals surface area contributed by atoms with Crippen LogP contribution in [0.3, 0.4) is 0 Å². The first kappa shape index (κ1) is 16.7. The van der Waals surface area contributed by atoms with Gasteiger partial charge >= 0.3 is 0 Å². The van der Waals surface area contributed by atoms with Gasteiger partial charge in [0.2, 0.25) is 0 Å². The molecule has 0 fully saturated rings. The molecule has 6 rings (SSSR count). The molecule has 3 aromatic heterocycles. The van der Waals surface area contributed by atoms with Crippen LogP contribution in [0.25, 0.3) is 57.5 Å². The summed E-state index contributed by atoms with van der Waals surface area (Å²) in [6, 6.07) is 26.1. The van der Waals surface area contributed by atoms with Crippen LogP contribution < -0.4 is 0 Å². The van der Waals surface area contributed by atoms with Crippen LogP contribution in [0.2, 0.25) is 0 Å². The normalized spacial score (nSPS) is 12.4. The second kappa shape index (κ2) is 6.71. The number of nitrogens with one attached hydrogen (secondary N) is 2. The predicted molar refractivity (Wildman–Crippen MR) is 123 cm³/mol. The van der Waals surface area contributed by atoms with Gasteiger partial charge in [-0.1, -0.05) is 30.3 Å². The summed E-state index contributed by atoms with van der Waals surface area (Å²) >= 11 is 0. The summed E-state index contributed by atoms with van der Waals surface area (Å²) < 4.78 is 0. The van der Waals surface area contributed by atoms with Gasteiger partial charge in [0.1, 0.15) is 0 Å². The lowest BCUT2D eigenvalue weighted by molar-refractivity contribution is 1.31. The molecule has 5 heterocycles. The van der Waals surface area contributed by atoms with Crippen molar-refractivity contribution in [3.05, 3.63) is 95.6 Å². The fraction of sp³-hybridized carbons (Fsp3) is 0.